The summed E-state index contributed by atoms with van der Waals surface area (Å²) in [7, 11) is 0. The number of halogens is 3. The van der Waals surface area contributed by atoms with Crippen LogP contribution in [0.4, 0.5) is 8.78 Å². The number of hydrogen-bond acceptors (Lipinski definition) is 3. The van der Waals surface area contributed by atoms with E-state index in [0.717, 1.165) is 30.2 Å². The van der Waals surface area contributed by atoms with Crippen LogP contribution in [0.3, 0.4) is 0 Å². The highest BCUT2D eigenvalue weighted by atomic mass is 79.9. The van der Waals surface area contributed by atoms with Crippen LogP contribution in [0, 0.1) is 11.6 Å². The van der Waals surface area contributed by atoms with Crippen molar-refractivity contribution in [3.8, 4) is 0 Å². The minimum Gasteiger partial charge on any atom is -0.296 e. The molecule has 24 heavy (non-hydrogen) atoms. The van der Waals surface area contributed by atoms with E-state index in [2.05, 4.69) is 36.8 Å². The van der Waals surface area contributed by atoms with Gasteiger partial charge in [-0.2, -0.15) is 0 Å². The van der Waals surface area contributed by atoms with Gasteiger partial charge in [0, 0.05) is 61.2 Å². The minimum absolute atomic E-state index is 0.468. The molecule has 2 aromatic rings. The minimum atomic E-state index is -0.500. The highest BCUT2D eigenvalue weighted by Crippen LogP contribution is 2.34. The lowest BCUT2D eigenvalue weighted by Crippen LogP contribution is -2.67. The van der Waals surface area contributed by atoms with Crippen molar-refractivity contribution in [3.05, 3.63) is 63.9 Å². The monoisotopic (exact) mass is 393 g/mol. The maximum atomic E-state index is 13.4. The number of fused-ring (bicyclic) bond motifs is 2. The zero-order valence-electron chi connectivity index (χ0n) is 13.1. The third kappa shape index (κ3) is 3.36. The highest BCUT2D eigenvalue weighted by molar-refractivity contribution is 9.10. The van der Waals surface area contributed by atoms with Crippen LogP contribution in [0.15, 0.2) is 41.1 Å². The molecular formula is C18H18BrF2N3. The molecule has 2 bridgehead atoms. The van der Waals surface area contributed by atoms with E-state index in [4.69, 9.17) is 0 Å². The van der Waals surface area contributed by atoms with Gasteiger partial charge in [-0.3, -0.25) is 14.8 Å². The highest BCUT2D eigenvalue weighted by Gasteiger charge is 2.44. The lowest BCUT2D eigenvalue weighted by molar-refractivity contribution is -0.0775. The van der Waals surface area contributed by atoms with Crippen LogP contribution in [0.25, 0.3) is 0 Å². The Kier molecular flexibility index (Phi) is 4.37. The van der Waals surface area contributed by atoms with Crippen LogP contribution >= 0.6 is 15.9 Å². The van der Waals surface area contributed by atoms with Crippen LogP contribution in [-0.4, -0.2) is 40.0 Å². The number of benzene rings is 1. The maximum absolute atomic E-state index is 13.4. The Morgan fingerprint density at radius 2 is 1.67 bits per heavy atom. The van der Waals surface area contributed by atoms with E-state index in [1.54, 1.807) is 6.20 Å². The lowest BCUT2D eigenvalue weighted by atomic mass is 9.86. The number of nitrogens with zero attached hydrogens (tertiary/aromatic N) is 3. The number of piperidine rings is 1. The molecule has 4 heterocycles. The SMILES string of the molecule is Fc1cc(F)cc(CN2C3CC2CN(Cc2cncc(Br)c2)C3)c1. The van der Waals surface area contributed by atoms with Gasteiger partial charge in [0.15, 0.2) is 0 Å². The number of pyridine rings is 1. The summed E-state index contributed by atoms with van der Waals surface area (Å²) in [6, 6.07) is 6.82. The topological polar surface area (TPSA) is 19.4 Å². The molecular weight excluding hydrogens is 376 g/mol. The summed E-state index contributed by atoms with van der Waals surface area (Å²) in [4.78, 5) is 9.01. The van der Waals surface area contributed by atoms with Crippen molar-refractivity contribution < 1.29 is 8.78 Å². The molecule has 0 amide bonds. The second-order valence-corrected chi connectivity index (χ2v) is 7.61. The van der Waals surface area contributed by atoms with E-state index in [1.807, 2.05) is 6.20 Å². The summed E-state index contributed by atoms with van der Waals surface area (Å²) >= 11 is 3.46. The van der Waals surface area contributed by atoms with Gasteiger partial charge in [-0.25, -0.2) is 8.78 Å². The van der Waals surface area contributed by atoms with Crippen molar-refractivity contribution in [3.63, 3.8) is 0 Å². The molecule has 1 aromatic heterocycles. The van der Waals surface area contributed by atoms with Crippen LogP contribution < -0.4 is 0 Å². The van der Waals surface area contributed by atoms with Crippen molar-refractivity contribution >= 4 is 15.9 Å². The predicted octanol–water partition coefficient (Wildman–Crippen LogP) is 3.58. The molecule has 0 saturated carbocycles. The van der Waals surface area contributed by atoms with Gasteiger partial charge in [-0.1, -0.05) is 0 Å². The third-order valence-electron chi connectivity index (χ3n) is 4.88. The summed E-state index contributed by atoms with van der Waals surface area (Å²) < 4.78 is 27.7. The fourth-order valence-corrected chi connectivity index (χ4v) is 4.29. The van der Waals surface area contributed by atoms with Gasteiger partial charge in [0.25, 0.3) is 0 Å². The number of rotatable bonds is 4. The van der Waals surface area contributed by atoms with E-state index in [-0.39, 0.29) is 0 Å². The average molecular weight is 394 g/mol. The molecule has 2 atom stereocenters. The molecule has 3 fully saturated rings. The zero-order chi connectivity index (χ0) is 16.7. The normalized spacial score (nSPS) is 24.0. The van der Waals surface area contributed by atoms with Crippen LogP contribution in [-0.2, 0) is 13.1 Å². The third-order valence-corrected chi connectivity index (χ3v) is 5.31. The first-order valence-electron chi connectivity index (χ1n) is 8.09. The van der Waals surface area contributed by atoms with Crippen LogP contribution in [0.2, 0.25) is 0 Å². The van der Waals surface area contributed by atoms with E-state index < -0.39 is 11.6 Å². The van der Waals surface area contributed by atoms with Crippen molar-refractivity contribution in [2.24, 2.45) is 0 Å². The Hall–Kier alpha value is -1.37. The van der Waals surface area contributed by atoms with E-state index in [9.17, 15) is 8.78 Å². The molecule has 1 aromatic carbocycles. The van der Waals surface area contributed by atoms with Gasteiger partial charge >= 0.3 is 0 Å². The van der Waals surface area contributed by atoms with Gasteiger partial charge in [0.05, 0.1) is 0 Å². The zero-order valence-corrected chi connectivity index (χ0v) is 14.7. The van der Waals surface area contributed by atoms with Crippen molar-refractivity contribution in [2.75, 3.05) is 13.1 Å². The second-order valence-electron chi connectivity index (χ2n) is 6.70. The molecule has 0 spiro atoms. The Bertz CT molecular complexity index is 723. The lowest BCUT2D eigenvalue weighted by Gasteiger charge is -2.56. The molecule has 3 nitrogen and oxygen atoms in total. The first-order valence-corrected chi connectivity index (χ1v) is 8.88. The van der Waals surface area contributed by atoms with Crippen molar-refractivity contribution in [1.82, 2.24) is 14.8 Å². The van der Waals surface area contributed by atoms with Gasteiger partial charge < -0.3 is 0 Å². The molecule has 5 rings (SSSR count). The Morgan fingerprint density at radius 1 is 0.958 bits per heavy atom. The van der Waals surface area contributed by atoms with Gasteiger partial charge in [-0.15, -0.1) is 0 Å². The Balaban J connectivity index is 1.38. The van der Waals surface area contributed by atoms with Crippen molar-refractivity contribution in [2.45, 2.75) is 31.6 Å². The molecule has 0 N–H and O–H groups in total. The predicted molar refractivity (Wildman–Crippen MR) is 91.3 cm³/mol. The number of piperazine rings is 1. The Labute approximate surface area is 148 Å². The summed E-state index contributed by atoms with van der Waals surface area (Å²) in [6.45, 7) is 3.49. The number of aromatic nitrogens is 1. The fourth-order valence-electron chi connectivity index (χ4n) is 3.88. The molecule has 0 aliphatic carbocycles. The summed E-state index contributed by atoms with van der Waals surface area (Å²) in [6.07, 6.45) is 4.86. The fraction of sp³-hybridized carbons (Fsp3) is 0.389. The number of hydrogen-bond donors (Lipinski definition) is 0. The average Bonchev–Trinajstić information content (AvgIpc) is 2.52. The molecule has 3 saturated heterocycles. The molecule has 2 unspecified atom stereocenters. The molecule has 6 heteroatoms. The molecule has 126 valence electrons. The second kappa shape index (κ2) is 6.50. The molecule has 3 aliphatic heterocycles. The van der Waals surface area contributed by atoms with E-state index in [0.29, 0.717) is 24.2 Å². The molecule has 3 aliphatic rings. The summed E-state index contributed by atoms with van der Waals surface area (Å²) in [5.74, 6) is -1.00. The first-order chi connectivity index (χ1) is 11.6. The molecule has 0 radical (unpaired) electrons. The first kappa shape index (κ1) is 16.1. The smallest absolute Gasteiger partial charge is 0.126 e. The van der Waals surface area contributed by atoms with E-state index >= 15 is 0 Å². The van der Waals surface area contributed by atoms with Crippen LogP contribution in [0.1, 0.15) is 17.5 Å². The quantitative estimate of drug-likeness (QED) is 0.791. The van der Waals surface area contributed by atoms with Gasteiger partial charge in [-0.05, 0) is 51.7 Å². The van der Waals surface area contributed by atoms with Gasteiger partial charge in [0.2, 0.25) is 0 Å². The van der Waals surface area contributed by atoms with E-state index in [1.165, 1.54) is 24.1 Å². The maximum Gasteiger partial charge on any atom is 0.126 e. The van der Waals surface area contributed by atoms with Gasteiger partial charge in [0.1, 0.15) is 11.6 Å². The summed E-state index contributed by atoms with van der Waals surface area (Å²) in [5, 5.41) is 0. The standard InChI is InChI=1S/C18H18BrF2N3/c19-14-1-13(6-22-7-14)8-23-10-17-5-18(11-23)24(17)9-12-2-15(20)4-16(21)3-12/h1-4,6-7,17-18H,5,8-11H2. The Morgan fingerprint density at radius 3 is 2.33 bits per heavy atom. The van der Waals surface area contributed by atoms with Crippen molar-refractivity contribution in [1.29, 1.82) is 0 Å². The largest absolute Gasteiger partial charge is 0.296 e. The summed E-state index contributed by atoms with van der Waals surface area (Å²) in [5.41, 5.74) is 1.91. The van der Waals surface area contributed by atoms with Crippen LogP contribution in [0.5, 0.6) is 0 Å².